The predicted molar refractivity (Wildman–Crippen MR) is 284 cm³/mol. The average Bonchev–Trinajstić information content (AvgIpc) is 3.38. The molecule has 11 unspecified atom stereocenters. The first-order valence-electron chi connectivity index (χ1n) is 29.4. The van der Waals surface area contributed by atoms with Crippen LogP contribution in [0.25, 0.3) is 0 Å². The topological polar surface area (TPSA) is 214 Å². The molecule has 72 heavy (non-hydrogen) atoms. The summed E-state index contributed by atoms with van der Waals surface area (Å²) in [6.45, 7) is 3.71. The molecule has 0 aromatic carbocycles. The smallest absolute Gasteiger partial charge is 0.306 e. The molecule has 424 valence electrons. The zero-order chi connectivity index (χ0) is 52.3. The average molecular weight is 1030 g/mol. The van der Waals surface area contributed by atoms with Gasteiger partial charge in [0.25, 0.3) is 0 Å². The van der Waals surface area contributed by atoms with Crippen molar-refractivity contribution in [1.29, 1.82) is 0 Å². The molecule has 2 aliphatic rings. The fourth-order valence-electron chi connectivity index (χ4n) is 9.39. The van der Waals surface area contributed by atoms with Crippen LogP contribution in [0.1, 0.15) is 239 Å². The van der Waals surface area contributed by atoms with E-state index in [-0.39, 0.29) is 25.6 Å². The van der Waals surface area contributed by atoms with Gasteiger partial charge in [0.2, 0.25) is 0 Å². The molecule has 2 saturated heterocycles. The monoisotopic (exact) mass is 1030 g/mol. The highest BCUT2D eigenvalue weighted by molar-refractivity contribution is 5.69. The van der Waals surface area contributed by atoms with Gasteiger partial charge in [-0.05, 0) is 64.2 Å². The SMILES string of the molecule is CCCCCCCCC/C=C\CCCCCCCCOCC(COC1OC(COC2OC(CO)C(O)C(O)C2O)C(O)C(O)C1O)OC(=O)CCCCCCCCCCC/C=C\CCCCCCCCCC. The summed E-state index contributed by atoms with van der Waals surface area (Å²) in [5, 5.41) is 72.3. The second-order valence-corrected chi connectivity index (χ2v) is 20.8. The van der Waals surface area contributed by atoms with E-state index in [9.17, 15) is 40.5 Å². The molecule has 2 heterocycles. The molecular formula is C58H108O14. The molecule has 0 aromatic rings. The van der Waals surface area contributed by atoms with Gasteiger partial charge in [0, 0.05) is 13.0 Å². The number of unbranched alkanes of at least 4 members (excludes halogenated alkanes) is 30. The fourth-order valence-corrected chi connectivity index (χ4v) is 9.39. The lowest BCUT2D eigenvalue weighted by Crippen LogP contribution is -2.61. The summed E-state index contributed by atoms with van der Waals surface area (Å²) in [4.78, 5) is 13.1. The van der Waals surface area contributed by atoms with Gasteiger partial charge in [-0.15, -0.1) is 0 Å². The van der Waals surface area contributed by atoms with E-state index in [4.69, 9.17) is 28.4 Å². The second-order valence-electron chi connectivity index (χ2n) is 20.8. The van der Waals surface area contributed by atoms with Gasteiger partial charge in [0.15, 0.2) is 12.6 Å². The van der Waals surface area contributed by atoms with E-state index in [1.165, 1.54) is 167 Å². The van der Waals surface area contributed by atoms with Crippen molar-refractivity contribution in [1.82, 2.24) is 0 Å². The lowest BCUT2D eigenvalue weighted by Gasteiger charge is -2.42. The Hall–Kier alpha value is -1.53. The van der Waals surface area contributed by atoms with Crippen molar-refractivity contribution in [2.24, 2.45) is 0 Å². The van der Waals surface area contributed by atoms with E-state index in [1.807, 2.05) is 0 Å². The number of aliphatic hydroxyl groups is 7. The van der Waals surface area contributed by atoms with E-state index in [1.54, 1.807) is 0 Å². The number of hydrogen-bond donors (Lipinski definition) is 7. The molecule has 14 heteroatoms. The van der Waals surface area contributed by atoms with Crippen molar-refractivity contribution in [2.75, 3.05) is 33.0 Å². The van der Waals surface area contributed by atoms with Crippen molar-refractivity contribution >= 4 is 5.97 Å². The number of ether oxygens (including phenoxy) is 6. The molecule has 0 aliphatic carbocycles. The van der Waals surface area contributed by atoms with Crippen molar-refractivity contribution in [3.05, 3.63) is 24.3 Å². The van der Waals surface area contributed by atoms with Gasteiger partial charge < -0.3 is 64.2 Å². The molecule has 0 aromatic heterocycles. The van der Waals surface area contributed by atoms with E-state index < -0.39 is 80.7 Å². The summed E-state index contributed by atoms with van der Waals surface area (Å²) in [6.07, 6.45) is 35.2. The normalized spacial score (nSPS) is 25.2. The van der Waals surface area contributed by atoms with Gasteiger partial charge in [-0.3, -0.25) is 4.79 Å². The third-order valence-corrected chi connectivity index (χ3v) is 14.2. The molecule has 0 spiro atoms. The zero-order valence-corrected chi connectivity index (χ0v) is 45.4. The van der Waals surface area contributed by atoms with E-state index in [2.05, 4.69) is 38.2 Å². The Morgan fingerprint density at radius 2 is 0.819 bits per heavy atom. The van der Waals surface area contributed by atoms with Crippen molar-refractivity contribution in [3.63, 3.8) is 0 Å². The number of carbonyl (C=O) groups is 1. The van der Waals surface area contributed by atoms with Crippen molar-refractivity contribution in [2.45, 2.75) is 306 Å². The van der Waals surface area contributed by atoms with Crippen LogP contribution in [0.15, 0.2) is 24.3 Å². The second kappa shape index (κ2) is 45.6. The van der Waals surface area contributed by atoms with Crippen molar-refractivity contribution < 1.29 is 69.0 Å². The van der Waals surface area contributed by atoms with Gasteiger partial charge >= 0.3 is 5.97 Å². The minimum absolute atomic E-state index is 0.0597. The van der Waals surface area contributed by atoms with Crippen LogP contribution in [0.5, 0.6) is 0 Å². The van der Waals surface area contributed by atoms with Gasteiger partial charge in [0.1, 0.15) is 54.9 Å². The van der Waals surface area contributed by atoms with Crippen LogP contribution in [0.4, 0.5) is 0 Å². The number of rotatable bonds is 48. The first kappa shape index (κ1) is 66.6. The van der Waals surface area contributed by atoms with Crippen LogP contribution in [-0.4, -0.2) is 142 Å². The quantitative estimate of drug-likeness (QED) is 0.0172. The molecule has 0 bridgehead atoms. The maximum absolute atomic E-state index is 13.1. The Balaban J connectivity index is 1.71. The van der Waals surface area contributed by atoms with Gasteiger partial charge in [0.05, 0.1) is 26.4 Å². The molecule has 14 nitrogen and oxygen atoms in total. The van der Waals surface area contributed by atoms with Crippen LogP contribution in [0.2, 0.25) is 0 Å². The highest BCUT2D eigenvalue weighted by Gasteiger charge is 2.47. The lowest BCUT2D eigenvalue weighted by molar-refractivity contribution is -0.332. The van der Waals surface area contributed by atoms with Crippen LogP contribution < -0.4 is 0 Å². The van der Waals surface area contributed by atoms with Crippen LogP contribution >= 0.6 is 0 Å². The Morgan fingerprint density at radius 1 is 0.444 bits per heavy atom. The summed E-state index contributed by atoms with van der Waals surface area (Å²) in [6, 6.07) is 0. The predicted octanol–water partition coefficient (Wildman–Crippen LogP) is 10.4. The van der Waals surface area contributed by atoms with Crippen molar-refractivity contribution in [3.8, 4) is 0 Å². The summed E-state index contributed by atoms with van der Waals surface area (Å²) < 4.78 is 34.4. The lowest BCUT2D eigenvalue weighted by atomic mass is 9.98. The number of carbonyl (C=O) groups excluding carboxylic acids is 1. The van der Waals surface area contributed by atoms with E-state index >= 15 is 0 Å². The molecule has 2 rings (SSSR count). The highest BCUT2D eigenvalue weighted by Crippen LogP contribution is 2.27. The molecule has 2 fully saturated rings. The molecule has 0 saturated carbocycles. The Morgan fingerprint density at radius 3 is 1.26 bits per heavy atom. The number of allylic oxidation sites excluding steroid dienone is 4. The van der Waals surface area contributed by atoms with Gasteiger partial charge in [-0.2, -0.15) is 0 Å². The Labute approximate surface area is 437 Å². The minimum Gasteiger partial charge on any atom is -0.457 e. The summed E-state index contributed by atoms with van der Waals surface area (Å²) in [5.41, 5.74) is 0. The van der Waals surface area contributed by atoms with Crippen LogP contribution in [0.3, 0.4) is 0 Å². The summed E-state index contributed by atoms with van der Waals surface area (Å²) in [5.74, 6) is -0.377. The van der Waals surface area contributed by atoms with Gasteiger partial charge in [-0.25, -0.2) is 0 Å². The Bertz CT molecular complexity index is 1290. The zero-order valence-electron chi connectivity index (χ0n) is 45.4. The molecule has 7 N–H and O–H groups in total. The van der Waals surface area contributed by atoms with E-state index in [0.717, 1.165) is 44.9 Å². The standard InChI is InChI=1S/C58H108O14/c1-3-5-7-9-11-13-15-17-19-21-22-23-24-25-27-29-31-33-35-37-39-41-50(60)70-47(44-67-42-40-38-36-34-32-30-28-26-20-18-16-14-12-10-8-6-4-2)45-68-57-56(66)54(64)52(62)49(72-57)46-69-58-55(65)53(63)51(61)48(43-59)71-58/h20-22,26,47-49,51-59,61-66H,3-19,23-25,27-46H2,1-2H3/b22-21-,26-20-. The van der Waals surface area contributed by atoms with Gasteiger partial charge in [-0.1, -0.05) is 192 Å². The fraction of sp³-hybridized carbons (Fsp3) is 0.914. The summed E-state index contributed by atoms with van der Waals surface area (Å²) >= 11 is 0. The molecule has 0 radical (unpaired) electrons. The molecule has 2 aliphatic heterocycles. The third kappa shape index (κ3) is 32.1. The highest BCUT2D eigenvalue weighted by atomic mass is 16.7. The largest absolute Gasteiger partial charge is 0.457 e. The van der Waals surface area contributed by atoms with E-state index in [0.29, 0.717) is 13.0 Å². The molecule has 11 atom stereocenters. The number of esters is 1. The number of aliphatic hydroxyl groups excluding tert-OH is 7. The first-order chi connectivity index (χ1) is 35.1. The Kier molecular flexibility index (Phi) is 42.2. The maximum Gasteiger partial charge on any atom is 0.306 e. The molecular weight excluding hydrogens is 921 g/mol. The first-order valence-corrected chi connectivity index (χ1v) is 29.4. The maximum atomic E-state index is 13.1. The third-order valence-electron chi connectivity index (χ3n) is 14.2. The summed E-state index contributed by atoms with van der Waals surface area (Å²) in [7, 11) is 0. The minimum atomic E-state index is -1.71. The van der Waals surface area contributed by atoms with Crippen LogP contribution in [0, 0.1) is 0 Å². The molecule has 0 amide bonds. The van der Waals surface area contributed by atoms with Crippen LogP contribution in [-0.2, 0) is 33.2 Å². The number of hydrogen-bond acceptors (Lipinski definition) is 14.